The molecule has 4 nitrogen and oxygen atoms in total. The summed E-state index contributed by atoms with van der Waals surface area (Å²) in [6.45, 7) is 4.67. The van der Waals surface area contributed by atoms with Gasteiger partial charge >= 0.3 is 0 Å². The van der Waals surface area contributed by atoms with Crippen molar-refractivity contribution in [2.75, 3.05) is 17.7 Å². The molecule has 1 aliphatic rings. The molecule has 3 atom stereocenters. The van der Waals surface area contributed by atoms with Crippen LogP contribution in [0, 0.1) is 11.8 Å². The molecule has 2 rings (SSSR count). The topological polar surface area (TPSA) is 49.8 Å². The Kier molecular flexibility index (Phi) is 3.82. The molecule has 0 radical (unpaired) electrons. The van der Waals surface area contributed by atoms with Crippen molar-refractivity contribution in [2.24, 2.45) is 11.8 Å². The van der Waals surface area contributed by atoms with E-state index in [1.807, 2.05) is 13.1 Å². The number of hydrogen-bond donors (Lipinski definition) is 2. The van der Waals surface area contributed by atoms with Crippen molar-refractivity contribution < 1.29 is 0 Å². The summed E-state index contributed by atoms with van der Waals surface area (Å²) in [5, 5.41) is 6.57. The van der Waals surface area contributed by atoms with E-state index in [-0.39, 0.29) is 0 Å². The van der Waals surface area contributed by atoms with Crippen LogP contribution in [0.2, 0.25) is 0 Å². The van der Waals surface area contributed by atoms with E-state index in [4.69, 9.17) is 0 Å². The minimum absolute atomic E-state index is 0.547. The van der Waals surface area contributed by atoms with Crippen LogP contribution in [0.5, 0.6) is 0 Å². The van der Waals surface area contributed by atoms with Gasteiger partial charge in [0, 0.05) is 19.2 Å². The highest BCUT2D eigenvalue weighted by molar-refractivity contribution is 5.46. The fraction of sp³-hybridized carbons (Fsp3) is 0.692. The lowest BCUT2D eigenvalue weighted by molar-refractivity contribution is 0.276. The Bertz CT molecular complexity index is 366. The Morgan fingerprint density at radius 1 is 1.18 bits per heavy atom. The Balaban J connectivity index is 2.00. The van der Waals surface area contributed by atoms with Gasteiger partial charge in [-0.05, 0) is 31.1 Å². The molecule has 0 aromatic carbocycles. The van der Waals surface area contributed by atoms with Gasteiger partial charge in [-0.15, -0.1) is 0 Å². The SMILES string of the molecule is CNc1cc(NC2CCC(C)CC2C)ncn1. The van der Waals surface area contributed by atoms with Crippen molar-refractivity contribution in [1.82, 2.24) is 9.97 Å². The Morgan fingerprint density at radius 3 is 2.65 bits per heavy atom. The van der Waals surface area contributed by atoms with Crippen molar-refractivity contribution >= 4 is 11.6 Å². The van der Waals surface area contributed by atoms with E-state index < -0.39 is 0 Å². The number of anilines is 2. The zero-order valence-electron chi connectivity index (χ0n) is 10.9. The van der Waals surface area contributed by atoms with Crippen LogP contribution in [0.25, 0.3) is 0 Å². The molecule has 1 aromatic rings. The normalized spacial score (nSPS) is 28.8. The van der Waals surface area contributed by atoms with Crippen LogP contribution < -0.4 is 10.6 Å². The summed E-state index contributed by atoms with van der Waals surface area (Å²) >= 11 is 0. The smallest absolute Gasteiger partial charge is 0.131 e. The Morgan fingerprint density at radius 2 is 1.94 bits per heavy atom. The molecule has 0 bridgehead atoms. The van der Waals surface area contributed by atoms with E-state index >= 15 is 0 Å². The number of nitrogens with one attached hydrogen (secondary N) is 2. The highest BCUT2D eigenvalue weighted by atomic mass is 15.1. The van der Waals surface area contributed by atoms with Gasteiger partial charge in [0.15, 0.2) is 0 Å². The number of rotatable bonds is 3. The van der Waals surface area contributed by atoms with Crippen LogP contribution in [0.15, 0.2) is 12.4 Å². The number of hydrogen-bond acceptors (Lipinski definition) is 4. The maximum absolute atomic E-state index is 4.27. The molecule has 1 aliphatic carbocycles. The van der Waals surface area contributed by atoms with Crippen LogP contribution in [-0.2, 0) is 0 Å². The molecular weight excluding hydrogens is 212 g/mol. The third kappa shape index (κ3) is 3.08. The monoisotopic (exact) mass is 234 g/mol. The molecule has 1 aromatic heterocycles. The lowest BCUT2D eigenvalue weighted by Crippen LogP contribution is -2.33. The van der Waals surface area contributed by atoms with E-state index in [1.165, 1.54) is 19.3 Å². The number of aromatic nitrogens is 2. The molecule has 17 heavy (non-hydrogen) atoms. The first-order valence-corrected chi connectivity index (χ1v) is 6.45. The highest BCUT2D eigenvalue weighted by Crippen LogP contribution is 2.30. The van der Waals surface area contributed by atoms with Crippen molar-refractivity contribution in [2.45, 2.75) is 39.2 Å². The summed E-state index contributed by atoms with van der Waals surface area (Å²) in [5.41, 5.74) is 0. The fourth-order valence-corrected chi connectivity index (χ4v) is 2.64. The van der Waals surface area contributed by atoms with Gasteiger partial charge in [-0.25, -0.2) is 9.97 Å². The molecule has 1 fully saturated rings. The first kappa shape index (κ1) is 12.1. The van der Waals surface area contributed by atoms with E-state index in [9.17, 15) is 0 Å². The molecule has 0 saturated heterocycles. The van der Waals surface area contributed by atoms with Crippen LogP contribution in [0.1, 0.15) is 33.1 Å². The van der Waals surface area contributed by atoms with Gasteiger partial charge in [0.2, 0.25) is 0 Å². The van der Waals surface area contributed by atoms with E-state index in [2.05, 4.69) is 34.4 Å². The summed E-state index contributed by atoms with van der Waals surface area (Å²) in [4.78, 5) is 8.39. The zero-order chi connectivity index (χ0) is 12.3. The first-order chi connectivity index (χ1) is 8.19. The van der Waals surface area contributed by atoms with Crippen LogP contribution >= 0.6 is 0 Å². The summed E-state index contributed by atoms with van der Waals surface area (Å²) in [6.07, 6.45) is 5.46. The number of nitrogens with zero attached hydrogens (tertiary/aromatic N) is 2. The van der Waals surface area contributed by atoms with Gasteiger partial charge in [-0.3, -0.25) is 0 Å². The van der Waals surface area contributed by atoms with E-state index in [0.717, 1.165) is 17.6 Å². The fourth-order valence-electron chi connectivity index (χ4n) is 2.64. The average Bonchev–Trinajstić information content (AvgIpc) is 2.33. The second kappa shape index (κ2) is 5.34. The van der Waals surface area contributed by atoms with Gasteiger partial charge in [0.25, 0.3) is 0 Å². The lowest BCUT2D eigenvalue weighted by Gasteiger charge is -2.33. The molecule has 2 N–H and O–H groups in total. The van der Waals surface area contributed by atoms with Gasteiger partial charge in [0.1, 0.15) is 18.0 Å². The van der Waals surface area contributed by atoms with Gasteiger partial charge in [-0.1, -0.05) is 13.8 Å². The van der Waals surface area contributed by atoms with Gasteiger partial charge in [0.05, 0.1) is 0 Å². The van der Waals surface area contributed by atoms with E-state index in [0.29, 0.717) is 12.0 Å². The van der Waals surface area contributed by atoms with E-state index in [1.54, 1.807) is 6.33 Å². The molecule has 0 spiro atoms. The van der Waals surface area contributed by atoms with Crippen molar-refractivity contribution in [1.29, 1.82) is 0 Å². The Hall–Kier alpha value is -1.32. The van der Waals surface area contributed by atoms with Crippen LogP contribution in [0.4, 0.5) is 11.6 Å². The maximum atomic E-state index is 4.27. The minimum Gasteiger partial charge on any atom is -0.373 e. The predicted octanol–water partition coefficient (Wildman–Crippen LogP) is 2.75. The molecular formula is C13H22N4. The Labute approximate surface area is 103 Å². The van der Waals surface area contributed by atoms with Gasteiger partial charge < -0.3 is 10.6 Å². The largest absolute Gasteiger partial charge is 0.373 e. The quantitative estimate of drug-likeness (QED) is 0.844. The second-order valence-corrected chi connectivity index (χ2v) is 5.18. The maximum Gasteiger partial charge on any atom is 0.131 e. The standard InChI is InChI=1S/C13H22N4/c1-9-4-5-11(10(2)6-9)17-13-7-12(14-3)15-8-16-13/h7-11H,4-6H2,1-3H3,(H2,14,15,16,17). The third-order valence-electron chi connectivity index (χ3n) is 3.69. The molecule has 94 valence electrons. The van der Waals surface area contributed by atoms with Crippen molar-refractivity contribution in [3.8, 4) is 0 Å². The van der Waals surface area contributed by atoms with Crippen molar-refractivity contribution in [3.05, 3.63) is 12.4 Å². The summed E-state index contributed by atoms with van der Waals surface area (Å²) in [6, 6.07) is 2.51. The minimum atomic E-state index is 0.547. The predicted molar refractivity (Wildman–Crippen MR) is 71.2 cm³/mol. The molecule has 0 amide bonds. The second-order valence-electron chi connectivity index (χ2n) is 5.18. The molecule has 1 saturated carbocycles. The summed E-state index contributed by atoms with van der Waals surface area (Å²) in [7, 11) is 1.87. The zero-order valence-corrected chi connectivity index (χ0v) is 10.9. The summed E-state index contributed by atoms with van der Waals surface area (Å²) in [5.74, 6) is 3.36. The molecule has 1 heterocycles. The lowest BCUT2D eigenvalue weighted by atomic mass is 9.80. The van der Waals surface area contributed by atoms with Crippen LogP contribution in [-0.4, -0.2) is 23.1 Å². The average molecular weight is 234 g/mol. The van der Waals surface area contributed by atoms with Crippen molar-refractivity contribution in [3.63, 3.8) is 0 Å². The summed E-state index contributed by atoms with van der Waals surface area (Å²) < 4.78 is 0. The molecule has 3 unspecified atom stereocenters. The molecule has 4 heteroatoms. The van der Waals surface area contributed by atoms with Gasteiger partial charge in [-0.2, -0.15) is 0 Å². The third-order valence-corrected chi connectivity index (χ3v) is 3.69. The highest BCUT2D eigenvalue weighted by Gasteiger charge is 2.25. The molecule has 0 aliphatic heterocycles. The van der Waals surface area contributed by atoms with Crippen LogP contribution in [0.3, 0.4) is 0 Å². The first-order valence-electron chi connectivity index (χ1n) is 6.45.